The number of aliphatic carboxylic acids is 1. The molecule has 0 saturated heterocycles. The number of thiol groups is 1. The summed E-state index contributed by atoms with van der Waals surface area (Å²) in [5, 5.41) is 21.4. The lowest BCUT2D eigenvalue weighted by Gasteiger charge is -2.30. The normalized spacial score (nSPS) is 16.0. The maximum absolute atomic E-state index is 13.2. The number of halogens is 3. The molecule has 0 aromatic carbocycles. The molecular formula is C13H17F3N2O3S. The SMILES string of the molecule is O=C(O)[C@H](CCS)NCCC(O)(c1ccccn1)C(F)(F)F. The van der Waals surface area contributed by atoms with Crippen LogP contribution in [0.4, 0.5) is 13.2 Å². The summed E-state index contributed by atoms with van der Waals surface area (Å²) in [6, 6.07) is 2.84. The van der Waals surface area contributed by atoms with Gasteiger partial charge in [-0.1, -0.05) is 6.07 Å². The van der Waals surface area contributed by atoms with Gasteiger partial charge in [0.15, 0.2) is 0 Å². The quantitative estimate of drug-likeness (QED) is 0.541. The standard InChI is InChI=1S/C13H17F3N2O3S/c14-13(15,16)12(21,10-3-1-2-6-18-10)5-7-17-9(4-8-22)11(19)20/h1-3,6,9,17,21-22H,4-5,7-8H2,(H,19,20)/t9-,12?/m0/s1. The molecule has 2 atom stereocenters. The van der Waals surface area contributed by atoms with Crippen LogP contribution < -0.4 is 5.32 Å². The van der Waals surface area contributed by atoms with Gasteiger partial charge in [-0.25, -0.2) is 0 Å². The number of hydrogen-bond acceptors (Lipinski definition) is 5. The second-order valence-corrected chi connectivity index (χ2v) is 5.13. The summed E-state index contributed by atoms with van der Waals surface area (Å²) in [7, 11) is 0. The third-order valence-electron chi connectivity index (χ3n) is 3.15. The van der Waals surface area contributed by atoms with Gasteiger partial charge in [0, 0.05) is 12.6 Å². The van der Waals surface area contributed by atoms with Crippen molar-refractivity contribution in [3.63, 3.8) is 0 Å². The second kappa shape index (κ2) is 7.80. The second-order valence-electron chi connectivity index (χ2n) is 4.68. The maximum atomic E-state index is 13.2. The van der Waals surface area contributed by atoms with Crippen molar-refractivity contribution in [1.82, 2.24) is 10.3 Å². The zero-order chi connectivity index (χ0) is 16.8. The first-order valence-corrected chi connectivity index (χ1v) is 7.13. The molecule has 0 aliphatic heterocycles. The minimum absolute atomic E-state index is 0.159. The number of rotatable bonds is 8. The molecule has 1 heterocycles. The van der Waals surface area contributed by atoms with Crippen LogP contribution in [0.15, 0.2) is 24.4 Å². The van der Waals surface area contributed by atoms with Crippen molar-refractivity contribution in [2.75, 3.05) is 12.3 Å². The van der Waals surface area contributed by atoms with Gasteiger partial charge in [-0.2, -0.15) is 25.8 Å². The van der Waals surface area contributed by atoms with E-state index in [-0.39, 0.29) is 18.7 Å². The van der Waals surface area contributed by atoms with Gasteiger partial charge in [0.25, 0.3) is 0 Å². The summed E-state index contributed by atoms with van der Waals surface area (Å²) in [4.78, 5) is 14.5. The molecule has 22 heavy (non-hydrogen) atoms. The van der Waals surface area contributed by atoms with Gasteiger partial charge in [0.05, 0.1) is 5.69 Å². The number of carboxylic acid groups (broad SMARTS) is 1. The van der Waals surface area contributed by atoms with E-state index in [9.17, 15) is 23.1 Å². The van der Waals surface area contributed by atoms with E-state index in [4.69, 9.17) is 5.11 Å². The zero-order valence-electron chi connectivity index (χ0n) is 11.5. The lowest BCUT2D eigenvalue weighted by molar-refractivity contribution is -0.270. The van der Waals surface area contributed by atoms with Gasteiger partial charge in [-0.05, 0) is 30.9 Å². The van der Waals surface area contributed by atoms with Crippen molar-refractivity contribution in [2.45, 2.75) is 30.7 Å². The molecule has 0 bridgehead atoms. The van der Waals surface area contributed by atoms with Crippen LogP contribution in [0.1, 0.15) is 18.5 Å². The monoisotopic (exact) mass is 338 g/mol. The van der Waals surface area contributed by atoms with Gasteiger partial charge < -0.3 is 15.5 Å². The third-order valence-corrected chi connectivity index (χ3v) is 3.41. The highest BCUT2D eigenvalue weighted by molar-refractivity contribution is 7.80. The molecule has 0 saturated carbocycles. The highest BCUT2D eigenvalue weighted by Gasteiger charge is 2.55. The van der Waals surface area contributed by atoms with E-state index < -0.39 is 35.9 Å². The Morgan fingerprint density at radius 2 is 2.09 bits per heavy atom. The Morgan fingerprint density at radius 1 is 1.41 bits per heavy atom. The van der Waals surface area contributed by atoms with E-state index in [2.05, 4.69) is 22.9 Å². The fourth-order valence-electron chi connectivity index (χ4n) is 1.89. The number of aromatic nitrogens is 1. The highest BCUT2D eigenvalue weighted by Crippen LogP contribution is 2.40. The third kappa shape index (κ3) is 4.59. The summed E-state index contributed by atoms with van der Waals surface area (Å²) in [6.45, 7) is -0.336. The molecule has 9 heteroatoms. The van der Waals surface area contributed by atoms with E-state index >= 15 is 0 Å². The Hall–Kier alpha value is -1.32. The van der Waals surface area contributed by atoms with E-state index in [1.165, 1.54) is 12.1 Å². The average molecular weight is 338 g/mol. The zero-order valence-corrected chi connectivity index (χ0v) is 12.4. The van der Waals surface area contributed by atoms with Crippen LogP contribution in [0.5, 0.6) is 0 Å². The highest BCUT2D eigenvalue weighted by atomic mass is 32.1. The molecule has 0 spiro atoms. The maximum Gasteiger partial charge on any atom is 0.423 e. The Labute approximate surface area is 131 Å². The van der Waals surface area contributed by atoms with E-state index in [0.29, 0.717) is 0 Å². The molecule has 1 aromatic heterocycles. The van der Waals surface area contributed by atoms with Crippen LogP contribution >= 0.6 is 12.6 Å². The minimum atomic E-state index is -4.93. The molecule has 5 nitrogen and oxygen atoms in total. The number of hydrogen-bond donors (Lipinski definition) is 4. The predicted molar refractivity (Wildman–Crippen MR) is 76.7 cm³/mol. The van der Waals surface area contributed by atoms with E-state index in [0.717, 1.165) is 12.3 Å². The molecule has 1 rings (SSSR count). The van der Waals surface area contributed by atoms with Gasteiger partial charge in [-0.15, -0.1) is 0 Å². The van der Waals surface area contributed by atoms with Crippen molar-refractivity contribution in [3.8, 4) is 0 Å². The first-order chi connectivity index (χ1) is 10.2. The van der Waals surface area contributed by atoms with Crippen LogP contribution in [0.3, 0.4) is 0 Å². The summed E-state index contributed by atoms with van der Waals surface area (Å²) >= 11 is 3.89. The van der Waals surface area contributed by atoms with Crippen molar-refractivity contribution in [1.29, 1.82) is 0 Å². The molecule has 0 radical (unpaired) electrons. The van der Waals surface area contributed by atoms with E-state index in [1.54, 1.807) is 0 Å². The molecule has 1 unspecified atom stereocenters. The summed E-state index contributed by atoms with van der Waals surface area (Å²) in [5.41, 5.74) is -3.66. The number of nitrogens with zero attached hydrogens (tertiary/aromatic N) is 1. The van der Waals surface area contributed by atoms with E-state index in [1.807, 2.05) is 0 Å². The van der Waals surface area contributed by atoms with Gasteiger partial charge in [0.1, 0.15) is 6.04 Å². The van der Waals surface area contributed by atoms with Crippen molar-refractivity contribution in [3.05, 3.63) is 30.1 Å². The van der Waals surface area contributed by atoms with Crippen LogP contribution in [0.2, 0.25) is 0 Å². The predicted octanol–water partition coefficient (Wildman–Crippen LogP) is 1.58. The lowest BCUT2D eigenvalue weighted by Crippen LogP contribution is -2.47. The largest absolute Gasteiger partial charge is 0.480 e. The van der Waals surface area contributed by atoms with Crippen LogP contribution in [0, 0.1) is 0 Å². The van der Waals surface area contributed by atoms with Crippen LogP contribution in [-0.4, -0.2) is 45.7 Å². The number of nitrogens with one attached hydrogen (secondary N) is 1. The fraction of sp³-hybridized carbons (Fsp3) is 0.538. The lowest BCUT2D eigenvalue weighted by atomic mass is 9.94. The number of aliphatic hydroxyl groups is 1. The first-order valence-electron chi connectivity index (χ1n) is 6.50. The Kier molecular flexibility index (Phi) is 6.64. The summed E-state index contributed by atoms with van der Waals surface area (Å²) in [6.07, 6.45) is -4.36. The molecule has 0 aliphatic rings. The van der Waals surface area contributed by atoms with Gasteiger partial charge in [-0.3, -0.25) is 9.78 Å². The number of alkyl halides is 3. The Bertz CT molecular complexity index is 487. The molecule has 0 fully saturated rings. The Morgan fingerprint density at radius 3 is 2.55 bits per heavy atom. The fourth-order valence-corrected chi connectivity index (χ4v) is 2.15. The van der Waals surface area contributed by atoms with Gasteiger partial charge >= 0.3 is 12.1 Å². The Balaban J connectivity index is 2.82. The minimum Gasteiger partial charge on any atom is -0.480 e. The van der Waals surface area contributed by atoms with Crippen LogP contribution in [-0.2, 0) is 10.4 Å². The smallest absolute Gasteiger partial charge is 0.423 e. The van der Waals surface area contributed by atoms with Crippen LogP contribution in [0.25, 0.3) is 0 Å². The molecule has 124 valence electrons. The first kappa shape index (κ1) is 18.7. The molecule has 1 aromatic rings. The molecule has 3 N–H and O–H groups in total. The van der Waals surface area contributed by atoms with Crippen molar-refractivity contribution >= 4 is 18.6 Å². The molecule has 0 aliphatic carbocycles. The molecule has 0 amide bonds. The van der Waals surface area contributed by atoms with Crippen molar-refractivity contribution in [2.24, 2.45) is 0 Å². The van der Waals surface area contributed by atoms with Gasteiger partial charge in [0.2, 0.25) is 5.60 Å². The molecular weight excluding hydrogens is 321 g/mol. The summed E-state index contributed by atoms with van der Waals surface area (Å²) in [5.74, 6) is -0.907. The number of carboxylic acids is 1. The number of carbonyl (C=O) groups is 1. The average Bonchev–Trinajstić information content (AvgIpc) is 2.45. The summed E-state index contributed by atoms with van der Waals surface area (Å²) < 4.78 is 39.5. The van der Waals surface area contributed by atoms with Crippen molar-refractivity contribution < 1.29 is 28.2 Å². The number of pyridine rings is 1. The topological polar surface area (TPSA) is 82.5 Å².